The number of unbranched alkanes of at least 4 members (excludes halogenated alkanes) is 1. The van der Waals surface area contributed by atoms with E-state index < -0.39 is 0 Å². The van der Waals surface area contributed by atoms with Gasteiger partial charge in [-0.15, -0.1) is 0 Å². The van der Waals surface area contributed by atoms with E-state index in [0.717, 1.165) is 30.5 Å². The maximum Gasteiger partial charge on any atom is 0.114 e. The number of likely N-dealkylation sites (tertiary alicyclic amines) is 1. The van der Waals surface area contributed by atoms with Crippen LogP contribution in [0.1, 0.15) is 49.8 Å². The molecular formula is C34H43NO4. The third kappa shape index (κ3) is 7.36. The smallest absolute Gasteiger partial charge is 0.114 e. The fourth-order valence-electron chi connectivity index (χ4n) is 6.00. The van der Waals surface area contributed by atoms with E-state index in [9.17, 15) is 0 Å². The third-order valence-electron chi connectivity index (χ3n) is 8.01. The Bertz CT molecular complexity index is 1100. The lowest BCUT2D eigenvalue weighted by atomic mass is 9.92. The van der Waals surface area contributed by atoms with Crippen LogP contribution in [0.2, 0.25) is 0 Å². The zero-order chi connectivity index (χ0) is 26.9. The van der Waals surface area contributed by atoms with Crippen molar-refractivity contribution in [1.29, 1.82) is 0 Å². The summed E-state index contributed by atoms with van der Waals surface area (Å²) in [5, 5.41) is 0. The average Bonchev–Trinajstić information content (AvgIpc) is 3.29. The predicted molar refractivity (Wildman–Crippen MR) is 154 cm³/mol. The van der Waals surface area contributed by atoms with Crippen LogP contribution in [0.25, 0.3) is 0 Å². The van der Waals surface area contributed by atoms with Crippen LogP contribution in [0.15, 0.2) is 91.0 Å². The molecule has 5 rings (SSSR count). The Hall–Kier alpha value is -2.54. The van der Waals surface area contributed by atoms with Gasteiger partial charge >= 0.3 is 0 Å². The topological polar surface area (TPSA) is 40.2 Å². The molecule has 3 aromatic carbocycles. The van der Waals surface area contributed by atoms with Crippen molar-refractivity contribution in [2.75, 3.05) is 13.2 Å². The van der Waals surface area contributed by atoms with Crippen LogP contribution in [0.5, 0.6) is 0 Å². The van der Waals surface area contributed by atoms with Crippen LogP contribution in [-0.2, 0) is 38.8 Å². The molecule has 6 unspecified atom stereocenters. The zero-order valence-electron chi connectivity index (χ0n) is 23.4. The summed E-state index contributed by atoms with van der Waals surface area (Å²) in [5.41, 5.74) is 3.48. The summed E-state index contributed by atoms with van der Waals surface area (Å²) >= 11 is 0. The van der Waals surface area contributed by atoms with Gasteiger partial charge in [0.05, 0.1) is 38.6 Å². The molecule has 0 radical (unpaired) electrons. The van der Waals surface area contributed by atoms with Crippen LogP contribution in [0, 0.1) is 0 Å². The molecule has 6 atom stereocenters. The monoisotopic (exact) mass is 529 g/mol. The van der Waals surface area contributed by atoms with Crippen molar-refractivity contribution in [3.63, 3.8) is 0 Å². The number of nitrogens with zero attached hydrogens (tertiary/aromatic N) is 1. The summed E-state index contributed by atoms with van der Waals surface area (Å²) in [4.78, 5) is 2.61. The molecule has 208 valence electrons. The number of ether oxygens (including phenoxy) is 4. The van der Waals surface area contributed by atoms with Crippen molar-refractivity contribution in [2.45, 2.75) is 89.4 Å². The van der Waals surface area contributed by atoms with Crippen molar-refractivity contribution in [2.24, 2.45) is 0 Å². The molecule has 5 heteroatoms. The maximum atomic E-state index is 6.84. The highest BCUT2D eigenvalue weighted by Gasteiger charge is 2.54. The molecule has 0 N–H and O–H groups in total. The first kappa shape index (κ1) is 28.0. The Labute approximate surface area is 234 Å². The molecule has 0 amide bonds. The van der Waals surface area contributed by atoms with Crippen LogP contribution in [0.3, 0.4) is 0 Å². The van der Waals surface area contributed by atoms with E-state index in [2.05, 4.69) is 79.4 Å². The second-order valence-corrected chi connectivity index (χ2v) is 10.9. The quantitative estimate of drug-likeness (QED) is 0.256. The largest absolute Gasteiger partial charge is 0.374 e. The minimum absolute atomic E-state index is 0.0968. The Kier molecular flexibility index (Phi) is 10.2. The Morgan fingerprint density at radius 3 is 1.85 bits per heavy atom. The van der Waals surface area contributed by atoms with E-state index in [4.69, 9.17) is 18.9 Å². The lowest BCUT2D eigenvalue weighted by Gasteiger charge is -2.46. The standard InChI is InChI=1S/C34H43NO4/c1-3-4-20-35-26(2)21-30-32(35)34(38-24-29-18-12-7-13-19-29)33(37-23-28-16-10-6-11-17-28)31(39-30)25-36-22-27-14-8-5-9-15-27/h5-19,26,30-34H,3-4,20-25H2,1-2H3. The highest BCUT2D eigenvalue weighted by Crippen LogP contribution is 2.39. The second kappa shape index (κ2) is 14.2. The van der Waals surface area contributed by atoms with Crippen LogP contribution in [-0.4, -0.2) is 54.6 Å². The fourth-order valence-corrected chi connectivity index (χ4v) is 6.00. The molecule has 0 aromatic heterocycles. The molecule has 2 aliphatic rings. The van der Waals surface area contributed by atoms with Gasteiger partial charge in [-0.3, -0.25) is 4.90 Å². The Morgan fingerprint density at radius 1 is 0.744 bits per heavy atom. The molecule has 5 nitrogen and oxygen atoms in total. The molecule has 3 aromatic rings. The van der Waals surface area contributed by atoms with Crippen molar-refractivity contribution in [3.05, 3.63) is 108 Å². The number of hydrogen-bond donors (Lipinski definition) is 0. The minimum atomic E-state index is -0.250. The van der Waals surface area contributed by atoms with Gasteiger partial charge in [-0.25, -0.2) is 0 Å². The minimum Gasteiger partial charge on any atom is -0.374 e. The SMILES string of the molecule is CCCCN1C(C)CC2OC(COCc3ccccc3)C(OCc3ccccc3)C(OCc3ccccc3)C21. The molecular weight excluding hydrogens is 486 g/mol. The van der Waals surface area contributed by atoms with Gasteiger partial charge in [-0.05, 0) is 43.0 Å². The number of fused-ring (bicyclic) bond motifs is 1. The summed E-state index contributed by atoms with van der Waals surface area (Å²) in [6.07, 6.45) is 2.84. The third-order valence-corrected chi connectivity index (χ3v) is 8.01. The number of benzene rings is 3. The lowest BCUT2D eigenvalue weighted by Crippen LogP contribution is -2.62. The van der Waals surface area contributed by atoms with Crippen LogP contribution in [0.4, 0.5) is 0 Å². The van der Waals surface area contributed by atoms with Crippen LogP contribution >= 0.6 is 0 Å². The van der Waals surface area contributed by atoms with E-state index in [1.165, 1.54) is 12.0 Å². The second-order valence-electron chi connectivity index (χ2n) is 10.9. The molecule has 2 heterocycles. The number of rotatable bonds is 13. The first-order valence-electron chi connectivity index (χ1n) is 14.6. The molecule has 0 bridgehead atoms. The summed E-state index contributed by atoms with van der Waals surface area (Å²) in [6, 6.07) is 31.7. The van der Waals surface area contributed by atoms with Gasteiger partial charge in [0.15, 0.2) is 0 Å². The van der Waals surface area contributed by atoms with Gasteiger partial charge in [0.25, 0.3) is 0 Å². The van der Waals surface area contributed by atoms with Gasteiger partial charge < -0.3 is 18.9 Å². The zero-order valence-corrected chi connectivity index (χ0v) is 23.4. The molecule has 2 aliphatic heterocycles. The van der Waals surface area contributed by atoms with Gasteiger partial charge in [0, 0.05) is 6.04 Å². The van der Waals surface area contributed by atoms with Gasteiger partial charge in [-0.2, -0.15) is 0 Å². The molecule has 0 saturated carbocycles. The van der Waals surface area contributed by atoms with Gasteiger partial charge in [-0.1, -0.05) is 104 Å². The predicted octanol–water partition coefficient (Wildman–Crippen LogP) is 6.40. The molecule has 2 fully saturated rings. The average molecular weight is 530 g/mol. The number of hydrogen-bond acceptors (Lipinski definition) is 5. The lowest BCUT2D eigenvalue weighted by molar-refractivity contribution is -0.236. The highest BCUT2D eigenvalue weighted by atomic mass is 16.6. The molecule has 0 aliphatic carbocycles. The summed E-state index contributed by atoms with van der Waals surface area (Å²) in [5.74, 6) is 0. The molecule has 2 saturated heterocycles. The van der Waals surface area contributed by atoms with Crippen molar-refractivity contribution in [1.82, 2.24) is 4.90 Å². The first-order chi connectivity index (χ1) is 19.2. The first-order valence-corrected chi connectivity index (χ1v) is 14.6. The van der Waals surface area contributed by atoms with Gasteiger partial charge in [0.1, 0.15) is 18.3 Å². The Balaban J connectivity index is 1.39. The molecule has 39 heavy (non-hydrogen) atoms. The van der Waals surface area contributed by atoms with E-state index in [1.807, 2.05) is 30.3 Å². The van der Waals surface area contributed by atoms with E-state index >= 15 is 0 Å². The Morgan fingerprint density at radius 2 is 1.28 bits per heavy atom. The van der Waals surface area contributed by atoms with Crippen molar-refractivity contribution >= 4 is 0 Å². The fraction of sp³-hybridized carbons (Fsp3) is 0.471. The van der Waals surface area contributed by atoms with Crippen LogP contribution < -0.4 is 0 Å². The maximum absolute atomic E-state index is 6.84. The summed E-state index contributed by atoms with van der Waals surface area (Å²) < 4.78 is 26.6. The van der Waals surface area contributed by atoms with E-state index in [1.54, 1.807) is 0 Å². The van der Waals surface area contributed by atoms with Crippen molar-refractivity contribution in [3.8, 4) is 0 Å². The summed E-state index contributed by atoms with van der Waals surface area (Å²) in [7, 11) is 0. The van der Waals surface area contributed by atoms with E-state index in [-0.39, 0.29) is 30.5 Å². The van der Waals surface area contributed by atoms with Crippen molar-refractivity contribution < 1.29 is 18.9 Å². The van der Waals surface area contributed by atoms with E-state index in [0.29, 0.717) is 32.5 Å². The van der Waals surface area contributed by atoms with Gasteiger partial charge in [0.2, 0.25) is 0 Å². The highest BCUT2D eigenvalue weighted by molar-refractivity contribution is 5.16. The summed E-state index contributed by atoms with van der Waals surface area (Å²) in [6.45, 7) is 7.71. The normalized spacial score (nSPS) is 26.9. The molecule has 0 spiro atoms.